The molecular formula is C16H18Cl2N4O3. The number of hydrogen-bond donors (Lipinski definition) is 3. The van der Waals surface area contributed by atoms with Crippen LogP contribution < -0.4 is 16.2 Å². The fourth-order valence-electron chi connectivity index (χ4n) is 2.08. The van der Waals surface area contributed by atoms with Crippen molar-refractivity contribution >= 4 is 35.1 Å². The molecule has 9 heteroatoms. The molecule has 3 amide bonds. The summed E-state index contributed by atoms with van der Waals surface area (Å²) >= 11 is 12.3. The van der Waals surface area contributed by atoms with Gasteiger partial charge in [-0.05, 0) is 39.8 Å². The number of hydrazine groups is 1. The van der Waals surface area contributed by atoms with E-state index >= 15 is 0 Å². The van der Waals surface area contributed by atoms with E-state index in [0.29, 0.717) is 15.6 Å². The maximum atomic E-state index is 12.5. The van der Waals surface area contributed by atoms with E-state index in [1.165, 1.54) is 0 Å². The molecule has 2 rings (SSSR count). The SMILES string of the molecule is Cc1onc(-c2c(Cl)cccc2Cl)c1C(=O)NNC(=O)NC(C)(C)C. The molecule has 0 unspecified atom stereocenters. The number of carbonyl (C=O) groups is 2. The third-order valence-corrected chi connectivity index (χ3v) is 3.70. The molecule has 25 heavy (non-hydrogen) atoms. The molecule has 7 nitrogen and oxygen atoms in total. The van der Waals surface area contributed by atoms with E-state index < -0.39 is 17.5 Å². The smallest absolute Gasteiger partial charge is 0.333 e. The Morgan fingerprint density at radius 3 is 2.28 bits per heavy atom. The first-order valence-electron chi connectivity index (χ1n) is 7.39. The van der Waals surface area contributed by atoms with E-state index in [0.717, 1.165) is 0 Å². The molecule has 0 bridgehead atoms. The lowest BCUT2D eigenvalue weighted by Gasteiger charge is -2.20. The lowest BCUT2D eigenvalue weighted by Crippen LogP contribution is -2.52. The summed E-state index contributed by atoms with van der Waals surface area (Å²) in [5.74, 6) is -0.338. The minimum Gasteiger partial charge on any atom is -0.360 e. The first kappa shape index (κ1) is 19.1. The molecular weight excluding hydrogens is 367 g/mol. The van der Waals surface area contributed by atoms with Crippen molar-refractivity contribution in [1.82, 2.24) is 21.3 Å². The van der Waals surface area contributed by atoms with Crippen molar-refractivity contribution in [3.8, 4) is 11.3 Å². The maximum Gasteiger partial charge on any atom is 0.333 e. The van der Waals surface area contributed by atoms with Gasteiger partial charge in [-0.25, -0.2) is 10.2 Å². The zero-order valence-corrected chi connectivity index (χ0v) is 15.7. The van der Waals surface area contributed by atoms with Gasteiger partial charge in [-0.3, -0.25) is 10.2 Å². The number of nitrogens with one attached hydrogen (secondary N) is 3. The van der Waals surface area contributed by atoms with E-state index in [9.17, 15) is 9.59 Å². The average Bonchev–Trinajstić information content (AvgIpc) is 2.84. The Bertz CT molecular complexity index is 792. The van der Waals surface area contributed by atoms with Crippen molar-refractivity contribution in [1.29, 1.82) is 0 Å². The summed E-state index contributed by atoms with van der Waals surface area (Å²) in [6, 6.07) is 4.39. The lowest BCUT2D eigenvalue weighted by molar-refractivity contribution is 0.0934. The van der Waals surface area contributed by atoms with Gasteiger partial charge in [0.1, 0.15) is 17.0 Å². The highest BCUT2D eigenvalue weighted by molar-refractivity contribution is 6.39. The molecule has 134 valence electrons. The van der Waals surface area contributed by atoms with Crippen LogP contribution in [-0.2, 0) is 0 Å². The van der Waals surface area contributed by atoms with Crippen LogP contribution in [0.3, 0.4) is 0 Å². The van der Waals surface area contributed by atoms with Gasteiger partial charge >= 0.3 is 6.03 Å². The standard InChI is InChI=1S/C16H18Cl2N4O3/c1-8-11(14(23)20-21-15(24)19-16(2,3)4)13(22-25-8)12-9(17)6-5-7-10(12)18/h5-7H,1-4H3,(H,20,23)(H2,19,21,24). The zero-order chi connectivity index (χ0) is 18.8. The number of rotatable bonds is 2. The van der Waals surface area contributed by atoms with Crippen LogP contribution in [0.5, 0.6) is 0 Å². The normalized spacial score (nSPS) is 11.1. The van der Waals surface area contributed by atoms with Gasteiger partial charge in [0.2, 0.25) is 0 Å². The van der Waals surface area contributed by atoms with Gasteiger partial charge in [-0.2, -0.15) is 0 Å². The minimum atomic E-state index is -0.603. The van der Waals surface area contributed by atoms with Crippen LogP contribution in [0, 0.1) is 6.92 Å². The van der Waals surface area contributed by atoms with E-state index in [-0.39, 0.29) is 17.0 Å². The number of nitrogens with zero attached hydrogens (tertiary/aromatic N) is 1. The Labute approximate surface area is 155 Å². The molecule has 0 atom stereocenters. The summed E-state index contributed by atoms with van der Waals surface area (Å²) < 4.78 is 5.11. The summed E-state index contributed by atoms with van der Waals surface area (Å²) in [5.41, 5.74) is 4.85. The molecule has 0 saturated heterocycles. The largest absolute Gasteiger partial charge is 0.360 e. The van der Waals surface area contributed by atoms with Crippen LogP contribution >= 0.6 is 23.2 Å². The second kappa shape index (κ2) is 7.33. The zero-order valence-electron chi connectivity index (χ0n) is 14.2. The number of aromatic nitrogens is 1. The predicted molar refractivity (Wildman–Crippen MR) is 95.6 cm³/mol. The van der Waals surface area contributed by atoms with E-state index in [4.69, 9.17) is 27.7 Å². The maximum absolute atomic E-state index is 12.5. The van der Waals surface area contributed by atoms with E-state index in [1.54, 1.807) is 25.1 Å². The molecule has 3 N–H and O–H groups in total. The highest BCUT2D eigenvalue weighted by Gasteiger charge is 2.25. The topological polar surface area (TPSA) is 96.3 Å². The van der Waals surface area contributed by atoms with Crippen molar-refractivity contribution in [2.24, 2.45) is 0 Å². The third kappa shape index (κ3) is 4.64. The fourth-order valence-corrected chi connectivity index (χ4v) is 2.66. The van der Waals surface area contributed by atoms with Crippen LogP contribution in [0.15, 0.2) is 22.7 Å². The summed E-state index contributed by atoms with van der Waals surface area (Å²) in [6.07, 6.45) is 0. The van der Waals surface area contributed by atoms with Gasteiger partial charge in [0, 0.05) is 11.1 Å². The van der Waals surface area contributed by atoms with Gasteiger partial charge in [-0.1, -0.05) is 34.4 Å². The lowest BCUT2D eigenvalue weighted by atomic mass is 10.1. The quantitative estimate of drug-likeness (QED) is 0.687. The van der Waals surface area contributed by atoms with Crippen LogP contribution in [0.25, 0.3) is 11.3 Å². The number of halogens is 2. The molecule has 0 saturated carbocycles. The number of hydrogen-bond acceptors (Lipinski definition) is 4. The molecule has 0 aliphatic rings. The highest BCUT2D eigenvalue weighted by atomic mass is 35.5. The molecule has 0 aliphatic carbocycles. The van der Waals surface area contributed by atoms with Gasteiger partial charge in [0.15, 0.2) is 0 Å². The third-order valence-electron chi connectivity index (χ3n) is 3.07. The van der Waals surface area contributed by atoms with E-state index in [1.807, 2.05) is 20.8 Å². The van der Waals surface area contributed by atoms with Crippen molar-refractivity contribution in [2.75, 3.05) is 0 Å². The molecule has 2 aromatic rings. The minimum absolute atomic E-state index is 0.131. The number of carbonyl (C=O) groups excluding carboxylic acids is 2. The second-order valence-electron chi connectivity index (χ2n) is 6.34. The molecule has 1 heterocycles. The first-order chi connectivity index (χ1) is 11.6. The first-order valence-corrected chi connectivity index (χ1v) is 8.15. The van der Waals surface area contributed by atoms with Gasteiger partial charge in [-0.15, -0.1) is 0 Å². The van der Waals surface area contributed by atoms with E-state index in [2.05, 4.69) is 21.3 Å². The van der Waals surface area contributed by atoms with Crippen LogP contribution in [0.2, 0.25) is 10.0 Å². The molecule has 0 aliphatic heterocycles. The number of urea groups is 1. The highest BCUT2D eigenvalue weighted by Crippen LogP contribution is 2.36. The summed E-state index contributed by atoms with van der Waals surface area (Å²) in [4.78, 5) is 24.2. The number of amides is 3. The molecule has 0 radical (unpaired) electrons. The van der Waals surface area contributed by atoms with Crippen molar-refractivity contribution in [3.63, 3.8) is 0 Å². The second-order valence-corrected chi connectivity index (χ2v) is 7.16. The summed E-state index contributed by atoms with van der Waals surface area (Å²) in [5, 5.41) is 7.19. The Balaban J connectivity index is 2.25. The Morgan fingerprint density at radius 2 is 1.72 bits per heavy atom. The average molecular weight is 385 g/mol. The Kier molecular flexibility index (Phi) is 5.59. The van der Waals surface area contributed by atoms with Crippen LogP contribution in [0.1, 0.15) is 36.9 Å². The van der Waals surface area contributed by atoms with Crippen molar-refractivity contribution in [2.45, 2.75) is 33.2 Å². The fraction of sp³-hybridized carbons (Fsp3) is 0.312. The van der Waals surface area contributed by atoms with Gasteiger partial charge < -0.3 is 9.84 Å². The molecule has 1 aromatic carbocycles. The van der Waals surface area contributed by atoms with Crippen molar-refractivity contribution < 1.29 is 14.1 Å². The van der Waals surface area contributed by atoms with Crippen LogP contribution in [0.4, 0.5) is 4.79 Å². The Morgan fingerprint density at radius 1 is 1.12 bits per heavy atom. The predicted octanol–water partition coefficient (Wildman–Crippen LogP) is 3.70. The monoisotopic (exact) mass is 384 g/mol. The number of benzene rings is 1. The number of aryl methyl sites for hydroxylation is 1. The van der Waals surface area contributed by atoms with Gasteiger partial charge in [0.25, 0.3) is 5.91 Å². The van der Waals surface area contributed by atoms with Crippen LogP contribution in [-0.4, -0.2) is 22.6 Å². The molecule has 0 fully saturated rings. The van der Waals surface area contributed by atoms with Crippen molar-refractivity contribution in [3.05, 3.63) is 39.6 Å². The summed E-state index contributed by atoms with van der Waals surface area (Å²) in [6.45, 7) is 7.02. The van der Waals surface area contributed by atoms with Gasteiger partial charge in [0.05, 0.1) is 10.0 Å². The molecule has 1 aromatic heterocycles. The Hall–Kier alpha value is -2.25. The summed E-state index contributed by atoms with van der Waals surface area (Å²) in [7, 11) is 0. The molecule has 0 spiro atoms.